The number of amides is 2. The summed E-state index contributed by atoms with van der Waals surface area (Å²) in [6.07, 6.45) is 2.11. The van der Waals surface area contributed by atoms with Gasteiger partial charge in [-0.2, -0.15) is 0 Å². The summed E-state index contributed by atoms with van der Waals surface area (Å²) in [5.74, 6) is -0.205. The van der Waals surface area contributed by atoms with Gasteiger partial charge in [-0.3, -0.25) is 9.59 Å². The molecule has 2 amide bonds. The fourth-order valence-corrected chi connectivity index (χ4v) is 3.04. The van der Waals surface area contributed by atoms with Crippen LogP contribution in [0.3, 0.4) is 0 Å². The van der Waals surface area contributed by atoms with E-state index in [1.165, 1.54) is 11.3 Å². The number of hydrogen-bond donors (Lipinski definition) is 2. The summed E-state index contributed by atoms with van der Waals surface area (Å²) >= 11 is 5.49. The molecule has 1 aromatic rings. The molecule has 2 heterocycles. The van der Waals surface area contributed by atoms with Crippen LogP contribution in [0.5, 0.6) is 0 Å². The topological polar surface area (TPSA) is 49.4 Å². The van der Waals surface area contributed by atoms with E-state index in [2.05, 4.69) is 17.9 Å². The van der Waals surface area contributed by atoms with Gasteiger partial charge in [0.15, 0.2) is 0 Å². The minimum atomic E-state index is -0.471. The minimum absolute atomic E-state index is 0.00324. The van der Waals surface area contributed by atoms with Crippen LogP contribution in [0.1, 0.15) is 29.4 Å². The number of thiol groups is 1. The lowest BCUT2D eigenvalue weighted by atomic mass is 10.3. The Hall–Kier alpha value is -1.01. The first-order chi connectivity index (χ1) is 8.58. The van der Waals surface area contributed by atoms with E-state index in [1.54, 1.807) is 18.4 Å². The van der Waals surface area contributed by atoms with E-state index in [1.807, 2.05) is 4.90 Å². The molecular weight excluding hydrogens is 268 g/mol. The van der Waals surface area contributed by atoms with Crippen LogP contribution in [-0.4, -0.2) is 35.8 Å². The normalized spacial score (nSPS) is 16.7. The van der Waals surface area contributed by atoms with Crippen LogP contribution < -0.4 is 5.32 Å². The van der Waals surface area contributed by atoms with Crippen molar-refractivity contribution >= 4 is 35.8 Å². The molecule has 0 aromatic carbocycles. The molecule has 0 spiro atoms. The molecule has 1 aliphatic rings. The average Bonchev–Trinajstić information content (AvgIpc) is 2.98. The van der Waals surface area contributed by atoms with Crippen molar-refractivity contribution in [3.05, 3.63) is 16.3 Å². The maximum atomic E-state index is 12.0. The number of carbonyl (C=O) groups excluding carboxylic acids is 2. The third-order valence-electron chi connectivity index (χ3n) is 2.95. The Morgan fingerprint density at radius 1 is 1.44 bits per heavy atom. The minimum Gasteiger partial charge on any atom is -0.341 e. The molecule has 1 atom stereocenters. The van der Waals surface area contributed by atoms with Gasteiger partial charge in [0, 0.05) is 23.4 Å². The van der Waals surface area contributed by atoms with Gasteiger partial charge in [-0.25, -0.2) is 0 Å². The van der Waals surface area contributed by atoms with Crippen LogP contribution in [0, 0.1) is 0 Å². The molecule has 18 heavy (non-hydrogen) atoms. The third kappa shape index (κ3) is 3.05. The zero-order chi connectivity index (χ0) is 13.1. The van der Waals surface area contributed by atoms with Gasteiger partial charge >= 0.3 is 0 Å². The number of thiophene rings is 1. The van der Waals surface area contributed by atoms with Crippen molar-refractivity contribution in [3.8, 4) is 0 Å². The zero-order valence-corrected chi connectivity index (χ0v) is 11.9. The highest BCUT2D eigenvalue weighted by molar-refractivity contribution is 7.80. The van der Waals surface area contributed by atoms with Gasteiger partial charge < -0.3 is 10.2 Å². The summed E-state index contributed by atoms with van der Waals surface area (Å²) in [6, 6.07) is 1.23. The van der Waals surface area contributed by atoms with Crippen molar-refractivity contribution in [3.63, 3.8) is 0 Å². The maximum Gasteiger partial charge on any atom is 0.262 e. The van der Waals surface area contributed by atoms with Gasteiger partial charge in [0.05, 0.1) is 4.88 Å². The largest absolute Gasteiger partial charge is 0.341 e. The Morgan fingerprint density at radius 2 is 2.11 bits per heavy atom. The number of hydrogen-bond acceptors (Lipinski definition) is 4. The van der Waals surface area contributed by atoms with Gasteiger partial charge in [-0.1, -0.05) is 0 Å². The van der Waals surface area contributed by atoms with Crippen molar-refractivity contribution < 1.29 is 9.59 Å². The SMILES string of the molecule is CC(NC(=O)c1cc(S)cs1)C(=O)N1CCCC1. The second-order valence-corrected chi connectivity index (χ2v) is 5.82. The molecule has 1 saturated heterocycles. The first kappa shape index (κ1) is 13.4. The van der Waals surface area contributed by atoms with Crippen molar-refractivity contribution in [2.24, 2.45) is 0 Å². The van der Waals surface area contributed by atoms with E-state index < -0.39 is 6.04 Å². The van der Waals surface area contributed by atoms with E-state index >= 15 is 0 Å². The van der Waals surface area contributed by atoms with Crippen LogP contribution in [-0.2, 0) is 4.79 Å². The first-order valence-corrected chi connectivity index (χ1v) is 7.28. The first-order valence-electron chi connectivity index (χ1n) is 5.95. The lowest BCUT2D eigenvalue weighted by Crippen LogP contribution is -2.45. The lowest BCUT2D eigenvalue weighted by molar-refractivity contribution is -0.131. The van der Waals surface area contributed by atoms with Crippen LogP contribution in [0.2, 0.25) is 0 Å². The van der Waals surface area contributed by atoms with Crippen molar-refractivity contribution in [2.75, 3.05) is 13.1 Å². The molecule has 1 N–H and O–H groups in total. The molecule has 0 radical (unpaired) electrons. The molecule has 1 fully saturated rings. The number of nitrogens with zero attached hydrogens (tertiary/aromatic N) is 1. The Kier molecular flexibility index (Phi) is 4.29. The summed E-state index contributed by atoms with van der Waals surface area (Å²) in [5, 5.41) is 4.53. The fraction of sp³-hybridized carbons (Fsp3) is 0.500. The summed E-state index contributed by atoms with van der Waals surface area (Å²) in [4.78, 5) is 27.1. The van der Waals surface area contributed by atoms with E-state index in [-0.39, 0.29) is 11.8 Å². The molecule has 2 rings (SSSR count). The molecule has 0 bridgehead atoms. The zero-order valence-electron chi connectivity index (χ0n) is 10.2. The van der Waals surface area contributed by atoms with E-state index in [4.69, 9.17) is 0 Å². The molecule has 0 saturated carbocycles. The number of likely N-dealkylation sites (tertiary alicyclic amines) is 1. The summed E-state index contributed by atoms with van der Waals surface area (Å²) < 4.78 is 0. The second kappa shape index (κ2) is 5.75. The highest BCUT2D eigenvalue weighted by atomic mass is 32.1. The predicted molar refractivity (Wildman–Crippen MR) is 74.3 cm³/mol. The number of rotatable bonds is 3. The van der Waals surface area contributed by atoms with Crippen LogP contribution in [0.4, 0.5) is 0 Å². The van der Waals surface area contributed by atoms with Crippen LogP contribution in [0.25, 0.3) is 0 Å². The Balaban J connectivity index is 1.92. The monoisotopic (exact) mass is 284 g/mol. The van der Waals surface area contributed by atoms with Gasteiger partial charge in [0.25, 0.3) is 5.91 Å². The van der Waals surface area contributed by atoms with Crippen molar-refractivity contribution in [1.82, 2.24) is 10.2 Å². The second-order valence-electron chi connectivity index (χ2n) is 4.40. The van der Waals surface area contributed by atoms with Gasteiger partial charge in [-0.15, -0.1) is 24.0 Å². The van der Waals surface area contributed by atoms with Gasteiger partial charge in [0.1, 0.15) is 6.04 Å². The fourth-order valence-electron chi connectivity index (χ4n) is 1.99. The van der Waals surface area contributed by atoms with E-state index in [9.17, 15) is 9.59 Å². The quantitative estimate of drug-likeness (QED) is 0.831. The molecule has 6 heteroatoms. The third-order valence-corrected chi connectivity index (χ3v) is 4.31. The molecule has 1 unspecified atom stereocenters. The molecule has 1 aromatic heterocycles. The van der Waals surface area contributed by atoms with Gasteiger partial charge in [-0.05, 0) is 25.8 Å². The lowest BCUT2D eigenvalue weighted by Gasteiger charge is -2.20. The molecule has 1 aliphatic heterocycles. The predicted octanol–water partition coefficient (Wildman–Crippen LogP) is 1.78. The average molecular weight is 284 g/mol. The van der Waals surface area contributed by atoms with Gasteiger partial charge in [0.2, 0.25) is 5.91 Å². The van der Waals surface area contributed by atoms with Crippen molar-refractivity contribution in [1.29, 1.82) is 0 Å². The molecular formula is C12H16N2O2S2. The smallest absolute Gasteiger partial charge is 0.262 e. The Bertz CT molecular complexity index is 453. The Labute approximate surface area is 116 Å². The number of nitrogens with one attached hydrogen (secondary N) is 1. The highest BCUT2D eigenvalue weighted by Crippen LogP contribution is 2.17. The summed E-state index contributed by atoms with van der Waals surface area (Å²) in [7, 11) is 0. The summed E-state index contributed by atoms with van der Waals surface area (Å²) in [5.41, 5.74) is 0. The maximum absolute atomic E-state index is 12.0. The molecule has 0 aliphatic carbocycles. The molecule has 4 nitrogen and oxygen atoms in total. The van der Waals surface area contributed by atoms with E-state index in [0.717, 1.165) is 30.8 Å². The Morgan fingerprint density at radius 3 is 2.67 bits per heavy atom. The highest BCUT2D eigenvalue weighted by Gasteiger charge is 2.24. The summed E-state index contributed by atoms with van der Waals surface area (Å²) in [6.45, 7) is 3.34. The standard InChI is InChI=1S/C12H16N2O2S2/c1-8(12(16)14-4-2-3-5-14)13-11(15)10-6-9(17)7-18-10/h6-8,17H,2-5H2,1H3,(H,13,15). The van der Waals surface area contributed by atoms with Crippen LogP contribution >= 0.6 is 24.0 Å². The van der Waals surface area contributed by atoms with Crippen molar-refractivity contribution in [2.45, 2.75) is 30.7 Å². The van der Waals surface area contributed by atoms with E-state index in [0.29, 0.717) is 4.88 Å². The van der Waals surface area contributed by atoms with Crippen LogP contribution in [0.15, 0.2) is 16.3 Å². The number of carbonyl (C=O) groups is 2. The molecule has 98 valence electrons.